The molecule has 0 aliphatic heterocycles. The summed E-state index contributed by atoms with van der Waals surface area (Å²) in [6.45, 7) is 0. The molecule has 36 heavy (non-hydrogen) atoms. The molecule has 0 aliphatic carbocycles. The highest BCUT2D eigenvalue weighted by Gasteiger charge is 2.19. The predicted molar refractivity (Wildman–Crippen MR) is 139 cm³/mol. The number of aromatic hydroxyl groups is 1. The fourth-order valence-electron chi connectivity index (χ4n) is 4.55. The molecule has 4 heterocycles. The lowest BCUT2D eigenvalue weighted by Crippen LogP contribution is -1.98. The molecule has 0 spiro atoms. The van der Waals surface area contributed by atoms with Crippen LogP contribution >= 0.6 is 0 Å². The van der Waals surface area contributed by atoms with Crippen LogP contribution in [-0.4, -0.2) is 29.0 Å². The SMILES string of the molecule is Oc1ccccc1-c1cccc(Oc2ccc3c(n2)n(-c2ccccc2)c2nc4ccccc4n32)n1. The number of fused-ring (bicyclic) bond motifs is 5. The van der Waals surface area contributed by atoms with Gasteiger partial charge in [0.15, 0.2) is 5.65 Å². The Labute approximate surface area is 205 Å². The molecular formula is C29H19N5O2. The van der Waals surface area contributed by atoms with Crippen LogP contribution in [0.5, 0.6) is 17.5 Å². The normalized spacial score (nSPS) is 11.4. The maximum Gasteiger partial charge on any atom is 0.223 e. The molecule has 0 atom stereocenters. The molecule has 0 radical (unpaired) electrons. The van der Waals surface area contributed by atoms with Crippen molar-refractivity contribution in [1.29, 1.82) is 0 Å². The van der Waals surface area contributed by atoms with Gasteiger partial charge in [-0.3, -0.25) is 8.97 Å². The van der Waals surface area contributed by atoms with Crippen molar-refractivity contribution >= 4 is 28.0 Å². The van der Waals surface area contributed by atoms with E-state index >= 15 is 0 Å². The van der Waals surface area contributed by atoms with E-state index in [-0.39, 0.29) is 5.75 Å². The topological polar surface area (TPSA) is 77.5 Å². The summed E-state index contributed by atoms with van der Waals surface area (Å²) in [6.07, 6.45) is 0. The number of para-hydroxylation sites is 4. The monoisotopic (exact) mass is 469 g/mol. The quantitative estimate of drug-likeness (QED) is 0.323. The Morgan fingerprint density at radius 2 is 1.39 bits per heavy atom. The van der Waals surface area contributed by atoms with Crippen molar-refractivity contribution in [3.63, 3.8) is 0 Å². The van der Waals surface area contributed by atoms with E-state index in [1.54, 1.807) is 18.2 Å². The second kappa shape index (κ2) is 7.95. The van der Waals surface area contributed by atoms with Crippen LogP contribution in [0.1, 0.15) is 0 Å². The maximum atomic E-state index is 10.2. The summed E-state index contributed by atoms with van der Waals surface area (Å²) >= 11 is 0. The van der Waals surface area contributed by atoms with Gasteiger partial charge in [0.1, 0.15) is 5.75 Å². The van der Waals surface area contributed by atoms with E-state index in [1.165, 1.54) is 0 Å². The third-order valence-electron chi connectivity index (χ3n) is 6.15. The first-order valence-electron chi connectivity index (χ1n) is 11.5. The van der Waals surface area contributed by atoms with Gasteiger partial charge in [0.2, 0.25) is 17.5 Å². The zero-order valence-corrected chi connectivity index (χ0v) is 19.0. The highest BCUT2D eigenvalue weighted by atomic mass is 16.5. The van der Waals surface area contributed by atoms with Crippen LogP contribution in [-0.2, 0) is 0 Å². The smallest absolute Gasteiger partial charge is 0.223 e. The van der Waals surface area contributed by atoms with Crippen molar-refractivity contribution in [2.24, 2.45) is 0 Å². The minimum Gasteiger partial charge on any atom is -0.507 e. The van der Waals surface area contributed by atoms with Crippen LogP contribution in [0, 0.1) is 0 Å². The van der Waals surface area contributed by atoms with Crippen LogP contribution < -0.4 is 4.74 Å². The second-order valence-corrected chi connectivity index (χ2v) is 8.38. The zero-order chi connectivity index (χ0) is 24.1. The van der Waals surface area contributed by atoms with Crippen LogP contribution in [0.3, 0.4) is 0 Å². The van der Waals surface area contributed by atoms with Gasteiger partial charge >= 0.3 is 0 Å². The summed E-state index contributed by atoms with van der Waals surface area (Å²) in [4.78, 5) is 14.4. The Morgan fingerprint density at radius 1 is 0.611 bits per heavy atom. The van der Waals surface area contributed by atoms with Gasteiger partial charge in [-0.05, 0) is 48.5 Å². The van der Waals surface area contributed by atoms with Gasteiger partial charge in [-0.15, -0.1) is 0 Å². The third-order valence-corrected chi connectivity index (χ3v) is 6.15. The number of aromatic nitrogens is 5. The molecule has 0 bridgehead atoms. The van der Waals surface area contributed by atoms with Crippen LogP contribution in [0.2, 0.25) is 0 Å². The fourth-order valence-corrected chi connectivity index (χ4v) is 4.55. The van der Waals surface area contributed by atoms with Gasteiger partial charge in [0.05, 0.1) is 27.9 Å². The summed E-state index contributed by atoms with van der Waals surface area (Å²) in [6, 6.07) is 34.5. The molecule has 172 valence electrons. The molecule has 3 aromatic carbocycles. The van der Waals surface area contributed by atoms with Gasteiger partial charge in [0, 0.05) is 17.7 Å². The second-order valence-electron chi connectivity index (χ2n) is 8.38. The Kier molecular flexibility index (Phi) is 4.47. The number of imidazole rings is 2. The van der Waals surface area contributed by atoms with Gasteiger partial charge in [-0.1, -0.05) is 48.5 Å². The first-order chi connectivity index (χ1) is 17.8. The van der Waals surface area contributed by atoms with Crippen molar-refractivity contribution in [2.75, 3.05) is 0 Å². The largest absolute Gasteiger partial charge is 0.507 e. The molecule has 7 nitrogen and oxygen atoms in total. The summed E-state index contributed by atoms with van der Waals surface area (Å²) in [5, 5.41) is 10.2. The van der Waals surface area contributed by atoms with Crippen LogP contribution in [0.25, 0.3) is 44.9 Å². The van der Waals surface area contributed by atoms with Crippen LogP contribution in [0.15, 0.2) is 109 Å². The zero-order valence-electron chi connectivity index (χ0n) is 19.0. The number of hydrogen-bond acceptors (Lipinski definition) is 5. The first kappa shape index (κ1) is 20.2. The Morgan fingerprint density at radius 3 is 2.28 bits per heavy atom. The molecule has 7 rings (SSSR count). The summed E-state index contributed by atoms with van der Waals surface area (Å²) in [5.41, 5.74) is 5.79. The number of benzene rings is 3. The molecule has 7 heteroatoms. The highest BCUT2D eigenvalue weighted by Crippen LogP contribution is 2.32. The predicted octanol–water partition coefficient (Wildman–Crippen LogP) is 6.39. The van der Waals surface area contributed by atoms with Crippen LogP contribution in [0.4, 0.5) is 0 Å². The van der Waals surface area contributed by atoms with E-state index in [0.29, 0.717) is 23.0 Å². The van der Waals surface area contributed by atoms with Crippen molar-refractivity contribution in [1.82, 2.24) is 23.9 Å². The van der Waals surface area contributed by atoms with Gasteiger partial charge in [0.25, 0.3) is 0 Å². The Hall–Kier alpha value is -5.17. The molecule has 0 aliphatic rings. The molecular weight excluding hydrogens is 450 g/mol. The summed E-state index contributed by atoms with van der Waals surface area (Å²) in [7, 11) is 0. The molecule has 0 saturated carbocycles. The lowest BCUT2D eigenvalue weighted by Gasteiger charge is -2.08. The van der Waals surface area contributed by atoms with E-state index in [4.69, 9.17) is 14.7 Å². The minimum atomic E-state index is 0.165. The van der Waals surface area contributed by atoms with E-state index < -0.39 is 0 Å². The number of phenolic OH excluding ortho intramolecular Hbond substituents is 1. The van der Waals surface area contributed by atoms with Gasteiger partial charge < -0.3 is 9.84 Å². The number of nitrogens with zero attached hydrogens (tertiary/aromatic N) is 5. The first-order valence-corrected chi connectivity index (χ1v) is 11.5. The number of phenols is 1. The molecule has 7 aromatic rings. The lowest BCUT2D eigenvalue weighted by atomic mass is 10.1. The van der Waals surface area contributed by atoms with Crippen molar-refractivity contribution in [3.05, 3.63) is 109 Å². The van der Waals surface area contributed by atoms with E-state index in [1.807, 2.05) is 89.5 Å². The minimum absolute atomic E-state index is 0.165. The average Bonchev–Trinajstić information content (AvgIpc) is 3.44. The van der Waals surface area contributed by atoms with Gasteiger partial charge in [-0.2, -0.15) is 4.98 Å². The summed E-state index contributed by atoms with van der Waals surface area (Å²) in [5.74, 6) is 1.74. The van der Waals surface area contributed by atoms with Crippen molar-refractivity contribution in [3.8, 4) is 34.5 Å². The van der Waals surface area contributed by atoms with E-state index in [2.05, 4.69) is 15.5 Å². The third kappa shape index (κ3) is 3.18. The molecule has 4 aromatic heterocycles. The average molecular weight is 470 g/mol. The highest BCUT2D eigenvalue weighted by molar-refractivity contribution is 5.90. The molecule has 0 saturated heterocycles. The fraction of sp³-hybridized carbons (Fsp3) is 0. The van der Waals surface area contributed by atoms with Gasteiger partial charge in [-0.25, -0.2) is 9.97 Å². The number of rotatable bonds is 4. The standard InChI is InChI=1S/C29H19N5O2/c35-25-15-7-4-11-20(25)21-13-8-16-26(30-21)36-27-18-17-24-28(32-27)33(19-9-2-1-3-10-19)29-31-22-12-5-6-14-23(22)34(24)29/h1-18,35H. The molecule has 0 amide bonds. The summed E-state index contributed by atoms with van der Waals surface area (Å²) < 4.78 is 10.2. The Balaban J connectivity index is 1.38. The number of hydrogen-bond donors (Lipinski definition) is 1. The molecule has 0 fully saturated rings. The Bertz CT molecular complexity index is 1890. The number of ether oxygens (including phenoxy) is 1. The number of pyridine rings is 2. The van der Waals surface area contributed by atoms with E-state index in [0.717, 1.165) is 33.7 Å². The lowest BCUT2D eigenvalue weighted by molar-refractivity contribution is 0.446. The van der Waals surface area contributed by atoms with Crippen molar-refractivity contribution < 1.29 is 9.84 Å². The molecule has 0 unspecified atom stereocenters. The maximum absolute atomic E-state index is 10.2. The van der Waals surface area contributed by atoms with E-state index in [9.17, 15) is 5.11 Å². The molecule has 1 N–H and O–H groups in total. The van der Waals surface area contributed by atoms with Crippen molar-refractivity contribution in [2.45, 2.75) is 0 Å².